The number of amides is 1. The Kier molecular flexibility index (Phi) is 7.17. The third-order valence-corrected chi connectivity index (χ3v) is 5.46. The molecule has 1 aliphatic heterocycles. The topological polar surface area (TPSA) is 128 Å². The van der Waals surface area contributed by atoms with Gasteiger partial charge < -0.3 is 24.2 Å². The number of carbonyl (C=O) groups excluding carboxylic acids is 1. The lowest BCUT2D eigenvalue weighted by Crippen LogP contribution is -2.40. The Morgan fingerprint density at radius 2 is 1.73 bits per heavy atom. The number of carboxylic acid groups (broad SMARTS) is 1. The predicted octanol–water partition coefficient (Wildman–Crippen LogP) is 3.24. The maximum Gasteiger partial charge on any atom is 0.326 e. The Morgan fingerprint density at radius 3 is 2.27 bits per heavy atom. The molecule has 3 rings (SSSR count). The molecule has 1 fully saturated rings. The van der Waals surface area contributed by atoms with Crippen LogP contribution in [0.25, 0.3) is 11.6 Å². The van der Waals surface area contributed by atoms with Gasteiger partial charge in [0, 0.05) is 12.1 Å². The maximum absolute atomic E-state index is 13.5. The van der Waals surface area contributed by atoms with Crippen LogP contribution in [0.15, 0.2) is 36.4 Å². The molecule has 0 bridgehead atoms. The summed E-state index contributed by atoms with van der Waals surface area (Å²) in [6.45, 7) is 0.275. The van der Waals surface area contributed by atoms with Gasteiger partial charge in [-0.2, -0.15) is 0 Å². The van der Waals surface area contributed by atoms with Gasteiger partial charge in [0.05, 0.1) is 37.9 Å². The summed E-state index contributed by atoms with van der Waals surface area (Å²) in [6, 6.07) is 8.25. The van der Waals surface area contributed by atoms with E-state index in [1.54, 1.807) is 24.3 Å². The second-order valence-corrected chi connectivity index (χ2v) is 7.30. The number of hydrogen-bond acceptors (Lipinski definition) is 7. The Bertz CT molecular complexity index is 1090. The number of carbonyl (C=O) groups is 2. The Balaban J connectivity index is 2.20. The smallest absolute Gasteiger partial charge is 0.326 e. The van der Waals surface area contributed by atoms with Crippen LogP contribution in [0.4, 0.5) is 5.69 Å². The zero-order chi connectivity index (χ0) is 24.1. The van der Waals surface area contributed by atoms with Crippen LogP contribution in [-0.2, 0) is 9.59 Å². The number of methoxy groups -OCH3 is 3. The summed E-state index contributed by atoms with van der Waals surface area (Å²) < 4.78 is 15.6. The lowest BCUT2D eigenvalue weighted by Gasteiger charge is -2.23. The number of ether oxygens (including phenoxy) is 3. The normalized spacial score (nSPS) is 15.8. The van der Waals surface area contributed by atoms with E-state index in [0.717, 1.165) is 0 Å². The minimum atomic E-state index is -1.09. The van der Waals surface area contributed by atoms with Crippen LogP contribution < -0.4 is 14.2 Å². The molecule has 1 amide bonds. The first-order valence-corrected chi connectivity index (χ1v) is 10.1. The molecular weight excluding hydrogens is 432 g/mol. The first-order valence-electron chi connectivity index (χ1n) is 10.1. The summed E-state index contributed by atoms with van der Waals surface area (Å²) >= 11 is 0. The van der Waals surface area contributed by atoms with Crippen molar-refractivity contribution in [1.82, 2.24) is 4.90 Å². The van der Waals surface area contributed by atoms with Crippen molar-refractivity contribution in [3.63, 3.8) is 0 Å². The van der Waals surface area contributed by atoms with Crippen LogP contribution in [0.5, 0.6) is 17.2 Å². The fourth-order valence-electron chi connectivity index (χ4n) is 3.77. The maximum atomic E-state index is 13.5. The number of benzene rings is 2. The minimum absolute atomic E-state index is 0.112. The van der Waals surface area contributed by atoms with Crippen LogP contribution in [0, 0.1) is 10.1 Å². The molecule has 0 unspecified atom stereocenters. The van der Waals surface area contributed by atoms with Crippen LogP contribution >= 0.6 is 0 Å². The van der Waals surface area contributed by atoms with Crippen LogP contribution in [-0.4, -0.2) is 60.7 Å². The summed E-state index contributed by atoms with van der Waals surface area (Å²) in [5.74, 6) is -0.641. The van der Waals surface area contributed by atoms with Crippen molar-refractivity contribution in [2.24, 2.45) is 0 Å². The number of carboxylic acids is 1. The standard InChI is InChI=1S/C23H24N2O8/c1-31-16-8-6-14(7-9-16)17(22(26)24-10-4-5-18(24)23(27)28)11-15-12-20(32-2)21(33-3)13-19(15)25(29)30/h6-9,11-13,18H,4-5,10H2,1-3H3,(H,27,28)/b17-11+/t18-/m0/s1. The van der Waals surface area contributed by atoms with Crippen molar-refractivity contribution in [3.8, 4) is 17.2 Å². The van der Waals surface area contributed by atoms with Gasteiger partial charge in [-0.25, -0.2) is 4.79 Å². The molecule has 2 aromatic rings. The fourth-order valence-corrected chi connectivity index (χ4v) is 3.77. The molecular formula is C23H24N2O8. The van der Waals surface area contributed by atoms with Crippen molar-refractivity contribution in [2.75, 3.05) is 27.9 Å². The van der Waals surface area contributed by atoms with Crippen molar-refractivity contribution >= 4 is 29.2 Å². The molecule has 2 aromatic carbocycles. The van der Waals surface area contributed by atoms with Gasteiger partial charge in [0.1, 0.15) is 11.8 Å². The zero-order valence-electron chi connectivity index (χ0n) is 18.4. The Labute approximate surface area is 190 Å². The first-order chi connectivity index (χ1) is 15.8. The van der Waals surface area contributed by atoms with E-state index >= 15 is 0 Å². The lowest BCUT2D eigenvalue weighted by atomic mass is 9.99. The molecule has 0 spiro atoms. The average Bonchev–Trinajstić information content (AvgIpc) is 3.32. The highest BCUT2D eigenvalue weighted by atomic mass is 16.6. The van der Waals surface area contributed by atoms with Gasteiger partial charge >= 0.3 is 5.97 Å². The molecule has 1 heterocycles. The second kappa shape index (κ2) is 10.0. The van der Waals surface area contributed by atoms with Gasteiger partial charge in [-0.3, -0.25) is 14.9 Å². The minimum Gasteiger partial charge on any atom is -0.497 e. The number of nitro benzene ring substituents is 1. The highest BCUT2D eigenvalue weighted by Gasteiger charge is 2.36. The molecule has 33 heavy (non-hydrogen) atoms. The summed E-state index contributed by atoms with van der Waals surface area (Å²) in [4.78, 5) is 37.6. The van der Waals surface area contributed by atoms with Gasteiger partial charge in [-0.1, -0.05) is 12.1 Å². The molecule has 0 aliphatic carbocycles. The summed E-state index contributed by atoms with van der Waals surface area (Å²) in [7, 11) is 4.27. The fraction of sp³-hybridized carbons (Fsp3) is 0.304. The van der Waals surface area contributed by atoms with E-state index in [4.69, 9.17) is 14.2 Å². The van der Waals surface area contributed by atoms with Gasteiger partial charge in [0.25, 0.3) is 11.6 Å². The van der Waals surface area contributed by atoms with Crippen molar-refractivity contribution in [3.05, 3.63) is 57.6 Å². The Morgan fingerprint density at radius 1 is 1.09 bits per heavy atom. The molecule has 10 heteroatoms. The number of likely N-dealkylation sites (tertiary alicyclic amines) is 1. The highest BCUT2D eigenvalue weighted by molar-refractivity contribution is 6.25. The number of rotatable bonds is 8. The molecule has 1 atom stereocenters. The van der Waals surface area contributed by atoms with E-state index in [2.05, 4.69) is 0 Å². The summed E-state index contributed by atoms with van der Waals surface area (Å²) in [5.41, 5.74) is 0.396. The molecule has 0 aromatic heterocycles. The molecule has 1 saturated heterocycles. The molecule has 10 nitrogen and oxygen atoms in total. The van der Waals surface area contributed by atoms with Gasteiger partial charge in [0.2, 0.25) is 0 Å². The zero-order valence-corrected chi connectivity index (χ0v) is 18.4. The number of nitro groups is 1. The second-order valence-electron chi connectivity index (χ2n) is 7.30. The van der Waals surface area contributed by atoms with Gasteiger partial charge in [0.15, 0.2) is 11.5 Å². The molecule has 0 radical (unpaired) electrons. The van der Waals surface area contributed by atoms with E-state index in [1.807, 2.05) is 0 Å². The quantitative estimate of drug-likeness (QED) is 0.277. The summed E-state index contributed by atoms with van der Waals surface area (Å²) in [6.07, 6.45) is 2.27. The van der Waals surface area contributed by atoms with E-state index in [9.17, 15) is 24.8 Å². The van der Waals surface area contributed by atoms with E-state index in [1.165, 1.54) is 44.4 Å². The van der Waals surface area contributed by atoms with Crippen LogP contribution in [0.2, 0.25) is 0 Å². The van der Waals surface area contributed by atoms with Crippen molar-refractivity contribution in [1.29, 1.82) is 0 Å². The third kappa shape index (κ3) is 4.89. The van der Waals surface area contributed by atoms with Gasteiger partial charge in [-0.05, 0) is 42.7 Å². The van der Waals surface area contributed by atoms with Crippen LogP contribution in [0.1, 0.15) is 24.0 Å². The van der Waals surface area contributed by atoms with Crippen molar-refractivity contribution in [2.45, 2.75) is 18.9 Å². The number of hydrogen-bond donors (Lipinski definition) is 1. The average molecular weight is 456 g/mol. The van der Waals surface area contributed by atoms with E-state index < -0.39 is 22.8 Å². The first kappa shape index (κ1) is 23.6. The Hall–Kier alpha value is -4.08. The highest BCUT2D eigenvalue weighted by Crippen LogP contribution is 2.37. The van der Waals surface area contributed by atoms with Crippen LogP contribution in [0.3, 0.4) is 0 Å². The largest absolute Gasteiger partial charge is 0.497 e. The van der Waals surface area contributed by atoms with Crippen molar-refractivity contribution < 1.29 is 33.8 Å². The SMILES string of the molecule is COc1ccc(/C(=C\c2cc(OC)c(OC)cc2[N+](=O)[O-])C(=O)N2CCC[C@H]2C(=O)O)cc1. The van der Waals surface area contributed by atoms with E-state index in [0.29, 0.717) is 24.2 Å². The van der Waals surface area contributed by atoms with E-state index in [-0.39, 0.29) is 34.9 Å². The molecule has 1 aliphatic rings. The molecule has 0 saturated carbocycles. The number of nitrogens with zero attached hydrogens (tertiary/aromatic N) is 2. The molecule has 174 valence electrons. The lowest BCUT2D eigenvalue weighted by molar-refractivity contribution is -0.385. The monoisotopic (exact) mass is 456 g/mol. The predicted molar refractivity (Wildman–Crippen MR) is 119 cm³/mol. The molecule has 1 N–H and O–H groups in total. The third-order valence-electron chi connectivity index (χ3n) is 5.46. The number of aliphatic carboxylic acids is 1. The summed E-state index contributed by atoms with van der Waals surface area (Å²) in [5, 5.41) is 21.3. The van der Waals surface area contributed by atoms with Gasteiger partial charge in [-0.15, -0.1) is 0 Å².